The Bertz CT molecular complexity index is 3310. The summed E-state index contributed by atoms with van der Waals surface area (Å²) in [5, 5.41) is 2.80. The Morgan fingerprint density at radius 1 is 0.463 bits per heavy atom. The molecule has 0 N–H and O–H groups in total. The predicted molar refractivity (Wildman–Crippen MR) is 283 cm³/mol. The lowest BCUT2D eigenvalue weighted by atomic mass is 9.64. The Morgan fingerprint density at radius 2 is 1.10 bits per heavy atom. The topological polar surface area (TPSA) is 0 Å². The van der Waals surface area contributed by atoms with E-state index in [1.165, 1.54) is 139 Å². The monoisotopic (exact) mass is 882 g/mol. The van der Waals surface area contributed by atoms with Gasteiger partial charge in [0.1, 0.15) is 0 Å². The smallest absolute Gasteiger partial charge is 0.0355 e. The summed E-state index contributed by atoms with van der Waals surface area (Å²) in [4.78, 5) is 0. The molecule has 1 spiro atoms. The molecular weight excluding hydrogens is 825 g/mol. The molecule has 0 amide bonds. The molecule has 2 unspecified atom stereocenters. The van der Waals surface area contributed by atoms with Crippen LogP contribution in [0.3, 0.4) is 0 Å². The van der Waals surface area contributed by atoms with E-state index in [0.29, 0.717) is 11.8 Å². The Balaban J connectivity index is 0.810. The molecule has 0 saturated heterocycles. The summed E-state index contributed by atoms with van der Waals surface area (Å²) in [6.07, 6.45) is 14.4. The van der Waals surface area contributed by atoms with E-state index in [2.05, 4.69) is 182 Å². The molecule has 1 aromatic heterocycles. The number of hydrogen-bond acceptors (Lipinski definition) is 1. The quantitative estimate of drug-likeness (QED) is 0.135. The van der Waals surface area contributed by atoms with Crippen LogP contribution in [0.25, 0.3) is 64.7 Å². The first-order valence-electron chi connectivity index (χ1n) is 25.7. The Labute approximate surface area is 400 Å². The van der Waals surface area contributed by atoms with Crippen molar-refractivity contribution in [2.45, 2.75) is 87.9 Å². The van der Waals surface area contributed by atoms with Crippen molar-refractivity contribution in [1.29, 1.82) is 0 Å². The van der Waals surface area contributed by atoms with Gasteiger partial charge in [0.25, 0.3) is 0 Å². The van der Waals surface area contributed by atoms with E-state index < -0.39 is 0 Å². The fourth-order valence-electron chi connectivity index (χ4n) is 14.8. The molecule has 0 nitrogen and oxygen atoms in total. The molecule has 6 atom stereocenters. The molecule has 14 rings (SSSR count). The zero-order valence-electron chi connectivity index (χ0n) is 38.5. The lowest BCUT2D eigenvalue weighted by Gasteiger charge is -2.41. The molecular formula is C66H58S. The number of rotatable bonds is 9. The average Bonchev–Trinajstić information content (AvgIpc) is 4.14. The Kier molecular flexibility index (Phi) is 9.61. The Morgan fingerprint density at radius 3 is 1.94 bits per heavy atom. The van der Waals surface area contributed by atoms with Crippen molar-refractivity contribution in [3.05, 3.63) is 215 Å². The van der Waals surface area contributed by atoms with Crippen LogP contribution in [-0.2, 0) is 11.8 Å². The maximum Gasteiger partial charge on any atom is 0.0355 e. The first kappa shape index (κ1) is 40.1. The van der Waals surface area contributed by atoms with Crippen molar-refractivity contribution < 1.29 is 0 Å². The van der Waals surface area contributed by atoms with Crippen LogP contribution in [0, 0.1) is 23.7 Å². The van der Waals surface area contributed by atoms with Gasteiger partial charge in [-0.25, -0.2) is 0 Å². The summed E-state index contributed by atoms with van der Waals surface area (Å²) in [5.74, 6) is 4.78. The summed E-state index contributed by atoms with van der Waals surface area (Å²) in [5.41, 5.74) is 20.2. The van der Waals surface area contributed by atoms with Crippen LogP contribution >= 0.6 is 11.3 Å². The minimum absolute atomic E-state index is 0.161. The molecule has 5 aliphatic carbocycles. The summed E-state index contributed by atoms with van der Waals surface area (Å²) < 4.78 is 2.77. The number of fused-ring (bicyclic) bond motifs is 9. The summed E-state index contributed by atoms with van der Waals surface area (Å²) in [7, 11) is 0. The van der Waals surface area contributed by atoms with E-state index in [0.717, 1.165) is 36.5 Å². The van der Waals surface area contributed by atoms with E-state index in [4.69, 9.17) is 0 Å². The van der Waals surface area contributed by atoms with Crippen molar-refractivity contribution in [3.8, 4) is 44.5 Å². The summed E-state index contributed by atoms with van der Waals surface area (Å²) >= 11 is 1.95. The highest BCUT2D eigenvalue weighted by atomic mass is 32.1. The zero-order chi connectivity index (χ0) is 44.1. The Hall–Kier alpha value is -6.02. The van der Waals surface area contributed by atoms with Gasteiger partial charge in [-0.1, -0.05) is 171 Å². The molecule has 1 heterocycles. The zero-order valence-corrected chi connectivity index (χ0v) is 39.3. The van der Waals surface area contributed by atoms with Crippen molar-refractivity contribution in [2.24, 2.45) is 23.7 Å². The molecule has 4 fully saturated rings. The molecule has 2 bridgehead atoms. The van der Waals surface area contributed by atoms with Crippen LogP contribution in [0.5, 0.6) is 0 Å². The van der Waals surface area contributed by atoms with Crippen LogP contribution in [0.1, 0.15) is 109 Å². The highest BCUT2D eigenvalue weighted by molar-refractivity contribution is 7.25. The third-order valence-electron chi connectivity index (χ3n) is 18.1. The second kappa shape index (κ2) is 16.1. The van der Waals surface area contributed by atoms with E-state index in [-0.39, 0.29) is 5.41 Å². The first-order chi connectivity index (χ1) is 33.1. The van der Waals surface area contributed by atoms with Crippen molar-refractivity contribution in [3.63, 3.8) is 0 Å². The van der Waals surface area contributed by atoms with Crippen LogP contribution in [0.15, 0.2) is 182 Å². The third-order valence-corrected chi connectivity index (χ3v) is 19.3. The predicted octanol–water partition coefficient (Wildman–Crippen LogP) is 18.2. The normalized spacial score (nSPS) is 22.4. The van der Waals surface area contributed by atoms with Gasteiger partial charge in [0, 0.05) is 31.5 Å². The molecule has 328 valence electrons. The SMILES string of the molecule is c1ccc(-c2ccc(C(CCc3ccc4sc5ccc(-c6ccc(-c7ccccc7)c([C@@H]7CCC8C[C@@H]9C[C@@H]7C[C@H]89)c6)cc5c4c3)c3ccc4c(c3)C3(CCCC3)c3ccccc3-4)cc2)cc1. The van der Waals surface area contributed by atoms with Crippen molar-refractivity contribution in [2.75, 3.05) is 0 Å². The number of hydrogen-bond donors (Lipinski definition) is 0. The minimum Gasteiger partial charge on any atom is -0.135 e. The van der Waals surface area contributed by atoms with Crippen LogP contribution in [-0.4, -0.2) is 0 Å². The average molecular weight is 883 g/mol. The maximum atomic E-state index is 2.65. The summed E-state index contributed by atoms with van der Waals surface area (Å²) in [6.45, 7) is 0. The molecule has 4 saturated carbocycles. The lowest BCUT2D eigenvalue weighted by molar-refractivity contribution is 0.0908. The molecule has 0 radical (unpaired) electrons. The maximum absolute atomic E-state index is 2.65. The third kappa shape index (κ3) is 6.66. The minimum atomic E-state index is 0.161. The fraction of sp³-hybridized carbons (Fsp3) is 0.273. The van der Waals surface area contributed by atoms with E-state index in [1.807, 2.05) is 11.3 Å². The second-order valence-corrected chi connectivity index (χ2v) is 22.4. The molecule has 0 aliphatic heterocycles. The van der Waals surface area contributed by atoms with Gasteiger partial charge in [0.05, 0.1) is 0 Å². The fourth-order valence-corrected chi connectivity index (χ4v) is 15.9. The van der Waals surface area contributed by atoms with Gasteiger partial charge in [-0.15, -0.1) is 11.3 Å². The highest BCUT2D eigenvalue weighted by Gasteiger charge is 2.51. The van der Waals surface area contributed by atoms with Gasteiger partial charge < -0.3 is 0 Å². The molecule has 1 heteroatoms. The second-order valence-electron chi connectivity index (χ2n) is 21.4. The first-order valence-corrected chi connectivity index (χ1v) is 26.5. The lowest BCUT2D eigenvalue weighted by Crippen LogP contribution is -2.32. The van der Waals surface area contributed by atoms with Gasteiger partial charge >= 0.3 is 0 Å². The van der Waals surface area contributed by atoms with Crippen LogP contribution in [0.4, 0.5) is 0 Å². The highest BCUT2D eigenvalue weighted by Crippen LogP contribution is 2.62. The van der Waals surface area contributed by atoms with Crippen LogP contribution in [0.2, 0.25) is 0 Å². The number of thiophene rings is 1. The van der Waals surface area contributed by atoms with Gasteiger partial charge in [0.15, 0.2) is 0 Å². The molecule has 9 aromatic rings. The molecule has 67 heavy (non-hydrogen) atoms. The standard InChI is InChI=1S/C66H58S/c1-3-11-43(12-4-1)44-19-21-46(22-20-44)53(50-25-30-57-56-15-7-8-16-62(56)66(63(57)41-50)33-9-10-34-66)27-17-42-18-31-64-60(35-42)61-39-48(26-32-65(61)67-64)47-23-28-54(45-13-5-2-6-14-45)59(38-47)55-29-24-49-36-51-37-52(55)40-58(49)51/h1-8,11-16,18-23,25-26,28,30-32,35,38-39,41,49,51-53,55,58H,9-10,17,24,27,29,33-34,36-37,40H2/t49?,51-,52-,53?,55-,58-/m1/s1. The van der Waals surface area contributed by atoms with E-state index in [1.54, 1.807) is 16.7 Å². The van der Waals surface area contributed by atoms with E-state index >= 15 is 0 Å². The number of aryl methyl sites for hydroxylation is 1. The summed E-state index contributed by atoms with van der Waals surface area (Å²) in [6, 6.07) is 70.7. The van der Waals surface area contributed by atoms with Gasteiger partial charge in [-0.2, -0.15) is 0 Å². The largest absolute Gasteiger partial charge is 0.135 e. The van der Waals surface area contributed by atoms with Crippen molar-refractivity contribution in [1.82, 2.24) is 0 Å². The molecule has 5 aliphatic rings. The van der Waals surface area contributed by atoms with E-state index in [9.17, 15) is 0 Å². The van der Waals surface area contributed by atoms with Crippen molar-refractivity contribution >= 4 is 31.5 Å². The van der Waals surface area contributed by atoms with Crippen LogP contribution < -0.4 is 0 Å². The van der Waals surface area contributed by atoms with Gasteiger partial charge in [-0.3, -0.25) is 0 Å². The number of benzene rings is 8. The molecule has 8 aromatic carbocycles. The van der Waals surface area contributed by atoms with Gasteiger partial charge in [0.2, 0.25) is 0 Å². The van der Waals surface area contributed by atoms with Gasteiger partial charge in [-0.05, 0) is 190 Å².